The highest BCUT2D eigenvalue weighted by Gasteiger charge is 2.73. The van der Waals surface area contributed by atoms with Crippen LogP contribution in [-0.4, -0.2) is 85.8 Å². The summed E-state index contributed by atoms with van der Waals surface area (Å²) in [6, 6.07) is 9.05. The number of hydrogen-bond donors (Lipinski definition) is 1. The van der Waals surface area contributed by atoms with Gasteiger partial charge in [-0.25, -0.2) is 0 Å². The number of amides is 3. The molecule has 5 rings (SSSR count). The number of fused-ring (bicyclic) bond motifs is 2. The Kier molecular flexibility index (Phi) is 6.30. The molecule has 4 heterocycles. The molecule has 2 saturated heterocycles. The van der Waals surface area contributed by atoms with Gasteiger partial charge in [0.1, 0.15) is 6.04 Å². The van der Waals surface area contributed by atoms with Crippen LogP contribution >= 0.6 is 11.8 Å². The lowest BCUT2D eigenvalue weighted by atomic mass is 9.74. The lowest BCUT2D eigenvalue weighted by molar-refractivity contribution is -0.145. The zero-order valence-corrected chi connectivity index (χ0v) is 21.1. The first-order valence-corrected chi connectivity index (χ1v) is 13.3. The second-order valence-electron chi connectivity index (χ2n) is 10.0. The molecular formula is C27H33N3O4S. The molecule has 1 aromatic rings. The highest BCUT2D eigenvalue weighted by molar-refractivity contribution is 8.02. The van der Waals surface area contributed by atoms with Crippen molar-refractivity contribution in [2.24, 2.45) is 11.8 Å². The van der Waals surface area contributed by atoms with E-state index < -0.39 is 27.4 Å². The maximum Gasteiger partial charge on any atom is 0.247 e. The van der Waals surface area contributed by atoms with Crippen LogP contribution in [0.4, 0.5) is 0 Å². The third-order valence-corrected chi connectivity index (χ3v) is 9.57. The molecule has 0 aromatic heterocycles. The zero-order chi connectivity index (χ0) is 24.8. The van der Waals surface area contributed by atoms with Crippen LogP contribution in [0, 0.1) is 11.8 Å². The first-order valence-electron chi connectivity index (χ1n) is 12.4. The third kappa shape index (κ3) is 3.73. The fourth-order valence-electron chi connectivity index (χ4n) is 6.38. The maximum atomic E-state index is 14.1. The molecule has 35 heavy (non-hydrogen) atoms. The number of aliphatic hydroxyl groups is 1. The normalized spacial score (nSPS) is 34.1. The van der Waals surface area contributed by atoms with Gasteiger partial charge in [-0.1, -0.05) is 61.6 Å². The Labute approximate surface area is 210 Å². The molecule has 5 atom stereocenters. The molecule has 1 aromatic carbocycles. The van der Waals surface area contributed by atoms with Crippen molar-refractivity contribution in [2.75, 3.05) is 32.8 Å². The van der Waals surface area contributed by atoms with E-state index in [0.29, 0.717) is 26.2 Å². The second-order valence-corrected chi connectivity index (χ2v) is 11.8. The Morgan fingerprint density at radius 1 is 0.943 bits per heavy atom. The van der Waals surface area contributed by atoms with Crippen molar-refractivity contribution in [1.29, 1.82) is 0 Å². The molecule has 186 valence electrons. The van der Waals surface area contributed by atoms with Gasteiger partial charge in [0.2, 0.25) is 17.7 Å². The van der Waals surface area contributed by atoms with Crippen molar-refractivity contribution in [3.63, 3.8) is 0 Å². The monoisotopic (exact) mass is 495 g/mol. The van der Waals surface area contributed by atoms with Crippen LogP contribution in [0.1, 0.15) is 25.8 Å². The van der Waals surface area contributed by atoms with E-state index in [-0.39, 0.29) is 30.9 Å². The minimum Gasteiger partial charge on any atom is -0.395 e. The molecule has 4 aliphatic rings. The Balaban J connectivity index is 1.58. The summed E-state index contributed by atoms with van der Waals surface area (Å²) in [6.45, 7) is 5.97. The molecule has 0 saturated carbocycles. The van der Waals surface area contributed by atoms with Crippen LogP contribution in [0.25, 0.3) is 0 Å². The minimum absolute atomic E-state index is 0.0158. The van der Waals surface area contributed by atoms with E-state index in [0.717, 1.165) is 12.0 Å². The van der Waals surface area contributed by atoms with Gasteiger partial charge in [-0.15, -0.1) is 11.8 Å². The predicted molar refractivity (Wildman–Crippen MR) is 135 cm³/mol. The minimum atomic E-state index is -0.858. The van der Waals surface area contributed by atoms with Gasteiger partial charge in [-0.2, -0.15) is 0 Å². The van der Waals surface area contributed by atoms with E-state index in [9.17, 15) is 19.5 Å². The summed E-state index contributed by atoms with van der Waals surface area (Å²) in [5.74, 6) is -1.56. The number of carbonyl (C=O) groups excluding carboxylic acids is 3. The number of carbonyl (C=O) groups is 3. The smallest absolute Gasteiger partial charge is 0.247 e. The van der Waals surface area contributed by atoms with Crippen molar-refractivity contribution in [2.45, 2.75) is 42.3 Å². The summed E-state index contributed by atoms with van der Waals surface area (Å²) < 4.78 is -1.45. The quantitative estimate of drug-likeness (QED) is 0.611. The summed E-state index contributed by atoms with van der Waals surface area (Å²) in [4.78, 5) is 47.1. The Bertz CT molecular complexity index is 1080. The van der Waals surface area contributed by atoms with E-state index >= 15 is 0 Å². The second kappa shape index (κ2) is 9.13. The molecule has 1 N–H and O–H groups in total. The first kappa shape index (κ1) is 24.1. The summed E-state index contributed by atoms with van der Waals surface area (Å²) in [6.07, 6.45) is 8.97. The SMILES string of the molecule is CCCN1CC=C[C@@]2(C)S[C@]34C=CCN(Cc5ccccc5)C(=O)C3N(CCO)C(=O)[C@@H]4[C@H]2C1=O. The van der Waals surface area contributed by atoms with Gasteiger partial charge in [0, 0.05) is 37.5 Å². The van der Waals surface area contributed by atoms with Gasteiger partial charge in [-0.05, 0) is 18.9 Å². The van der Waals surface area contributed by atoms with Crippen LogP contribution < -0.4 is 0 Å². The number of likely N-dealkylation sites (tertiary alicyclic amines) is 1. The molecule has 4 aliphatic heterocycles. The van der Waals surface area contributed by atoms with E-state index in [4.69, 9.17) is 0 Å². The standard InChI is InChI=1S/C27H33N3O4S/c1-3-13-28-14-7-11-26(2)20(23(28)32)21-24(33)30(16-17-31)22-25(34)29(15-8-12-27(21,22)35-26)18-19-9-5-4-6-10-19/h4-12,20-22,31H,3,13-18H2,1-2H3/t20-,21-,22?,26+,27-/m0/s1. The molecule has 1 spiro atoms. The van der Waals surface area contributed by atoms with Crippen molar-refractivity contribution in [3.05, 3.63) is 60.2 Å². The lowest BCUT2D eigenvalue weighted by Crippen LogP contribution is -2.53. The Morgan fingerprint density at radius 2 is 1.66 bits per heavy atom. The summed E-state index contributed by atoms with van der Waals surface area (Å²) in [5.41, 5.74) is 1.02. The Hall–Kier alpha value is -2.58. The van der Waals surface area contributed by atoms with Crippen molar-refractivity contribution >= 4 is 29.5 Å². The predicted octanol–water partition coefficient (Wildman–Crippen LogP) is 2.07. The number of hydrogen-bond acceptors (Lipinski definition) is 5. The third-order valence-electron chi connectivity index (χ3n) is 7.77. The van der Waals surface area contributed by atoms with Crippen molar-refractivity contribution in [3.8, 4) is 0 Å². The number of rotatable bonds is 6. The molecule has 1 unspecified atom stereocenters. The van der Waals surface area contributed by atoms with E-state index in [1.165, 1.54) is 0 Å². The lowest BCUT2D eigenvalue weighted by Gasteiger charge is -2.36. The maximum absolute atomic E-state index is 14.1. The average molecular weight is 496 g/mol. The van der Waals surface area contributed by atoms with Crippen molar-refractivity contribution < 1.29 is 19.5 Å². The van der Waals surface area contributed by atoms with Crippen LogP contribution in [0.15, 0.2) is 54.6 Å². The number of thioether (sulfide) groups is 1. The summed E-state index contributed by atoms with van der Waals surface area (Å²) >= 11 is 1.58. The van der Waals surface area contributed by atoms with Crippen LogP contribution in [-0.2, 0) is 20.9 Å². The van der Waals surface area contributed by atoms with E-state index in [2.05, 4.69) is 6.08 Å². The van der Waals surface area contributed by atoms with Crippen LogP contribution in [0.3, 0.4) is 0 Å². The molecule has 0 aliphatic carbocycles. The van der Waals surface area contributed by atoms with Gasteiger partial charge in [-0.3, -0.25) is 14.4 Å². The van der Waals surface area contributed by atoms with Crippen LogP contribution in [0.5, 0.6) is 0 Å². The average Bonchev–Trinajstić information content (AvgIpc) is 3.11. The molecule has 2 fully saturated rings. The van der Waals surface area contributed by atoms with Gasteiger partial charge in [0.15, 0.2) is 0 Å². The topological polar surface area (TPSA) is 81.2 Å². The van der Waals surface area contributed by atoms with Gasteiger partial charge >= 0.3 is 0 Å². The Morgan fingerprint density at radius 3 is 2.37 bits per heavy atom. The van der Waals surface area contributed by atoms with Crippen molar-refractivity contribution in [1.82, 2.24) is 14.7 Å². The van der Waals surface area contributed by atoms with Gasteiger partial charge < -0.3 is 19.8 Å². The molecule has 3 amide bonds. The van der Waals surface area contributed by atoms with E-state index in [1.54, 1.807) is 21.6 Å². The van der Waals surface area contributed by atoms with E-state index in [1.807, 2.05) is 67.3 Å². The number of benzene rings is 1. The molecular weight excluding hydrogens is 462 g/mol. The summed E-state index contributed by atoms with van der Waals surface area (Å²) in [5, 5.41) is 9.82. The number of nitrogens with zero attached hydrogens (tertiary/aromatic N) is 3. The summed E-state index contributed by atoms with van der Waals surface area (Å²) in [7, 11) is 0. The molecule has 0 radical (unpaired) electrons. The van der Waals surface area contributed by atoms with Gasteiger partial charge in [0.25, 0.3) is 0 Å². The van der Waals surface area contributed by atoms with Crippen LogP contribution in [0.2, 0.25) is 0 Å². The van der Waals surface area contributed by atoms with Gasteiger partial charge in [0.05, 0.1) is 23.2 Å². The molecule has 8 heteroatoms. The highest BCUT2D eigenvalue weighted by Crippen LogP contribution is 2.65. The first-order chi connectivity index (χ1) is 16.9. The highest BCUT2D eigenvalue weighted by atomic mass is 32.2. The zero-order valence-electron chi connectivity index (χ0n) is 20.3. The molecule has 7 nitrogen and oxygen atoms in total. The largest absolute Gasteiger partial charge is 0.395 e. The molecule has 0 bridgehead atoms. The fourth-order valence-corrected chi connectivity index (χ4v) is 8.54. The number of β-amino-alcohol motifs (C(OH)–C–C–N with tert-alkyl or cyclic N) is 1. The number of aliphatic hydroxyl groups excluding tert-OH is 1. The fraction of sp³-hybridized carbons (Fsp3) is 0.519.